The number of hydrogen-bond acceptors (Lipinski definition) is 5. The lowest BCUT2D eigenvalue weighted by atomic mass is 9.78. The van der Waals surface area contributed by atoms with Crippen molar-refractivity contribution in [1.29, 1.82) is 0 Å². The van der Waals surface area contributed by atoms with Crippen molar-refractivity contribution in [3.05, 3.63) is 168 Å². The molecule has 0 radical (unpaired) electrons. The molecule has 0 N–H and O–H groups in total. The summed E-state index contributed by atoms with van der Waals surface area (Å²) in [5.41, 5.74) is 8.81. The van der Waals surface area contributed by atoms with E-state index in [1.807, 2.05) is 18.2 Å². The fourth-order valence-electron chi connectivity index (χ4n) is 7.47. The largest absolute Gasteiger partial charge is 0.455 e. The number of anilines is 2. The van der Waals surface area contributed by atoms with Crippen LogP contribution in [0, 0.1) is 0 Å². The maximum absolute atomic E-state index is 6.83. The Morgan fingerprint density at radius 2 is 1.15 bits per heavy atom. The highest BCUT2D eigenvalue weighted by molar-refractivity contribution is 7.26. The predicted octanol–water partition coefficient (Wildman–Crippen LogP) is 10.7. The summed E-state index contributed by atoms with van der Waals surface area (Å²) in [6, 6.07) is 53.2. The summed E-state index contributed by atoms with van der Waals surface area (Å²) in [6.45, 7) is 0. The van der Waals surface area contributed by atoms with Gasteiger partial charge in [-0.05, 0) is 46.5 Å². The molecule has 4 nitrogen and oxygen atoms in total. The number of benzene rings is 6. The van der Waals surface area contributed by atoms with Gasteiger partial charge in [0.15, 0.2) is 5.75 Å². The van der Waals surface area contributed by atoms with Crippen LogP contribution in [0.2, 0.25) is 0 Å². The minimum atomic E-state index is -0.816. The maximum atomic E-state index is 6.83. The van der Waals surface area contributed by atoms with Crippen LogP contribution in [-0.2, 0) is 5.54 Å². The van der Waals surface area contributed by atoms with E-state index in [4.69, 9.17) is 14.7 Å². The predicted molar refractivity (Wildman–Crippen MR) is 187 cm³/mol. The van der Waals surface area contributed by atoms with Crippen LogP contribution in [-0.4, -0.2) is 9.97 Å². The highest BCUT2D eigenvalue weighted by Gasteiger charge is 2.54. The molecule has 1 spiro atoms. The Hall–Kier alpha value is -5.78. The Balaban J connectivity index is 1.41. The smallest absolute Gasteiger partial charge is 0.232 e. The van der Waals surface area contributed by atoms with Crippen LogP contribution in [0.1, 0.15) is 16.7 Å². The summed E-state index contributed by atoms with van der Waals surface area (Å²) in [4.78, 5) is 13.4. The van der Waals surface area contributed by atoms with Gasteiger partial charge in [-0.2, -0.15) is 0 Å². The summed E-state index contributed by atoms with van der Waals surface area (Å²) in [7, 11) is 0. The second-order valence-electron chi connectivity index (χ2n) is 11.7. The highest BCUT2D eigenvalue weighted by Crippen LogP contribution is 2.61. The molecule has 0 fully saturated rings. The topological polar surface area (TPSA) is 38.2 Å². The number of thiophene rings is 1. The first-order valence-electron chi connectivity index (χ1n) is 15.4. The molecule has 5 heteroatoms. The van der Waals surface area contributed by atoms with E-state index in [1.54, 1.807) is 11.3 Å². The van der Waals surface area contributed by atoms with E-state index in [0.717, 1.165) is 49.6 Å². The van der Waals surface area contributed by atoms with Crippen molar-refractivity contribution in [2.75, 3.05) is 4.90 Å². The van der Waals surface area contributed by atoms with Crippen LogP contribution in [0.3, 0.4) is 0 Å². The van der Waals surface area contributed by atoms with E-state index in [2.05, 4.69) is 138 Å². The van der Waals surface area contributed by atoms with Crippen molar-refractivity contribution in [3.8, 4) is 33.9 Å². The third-order valence-corrected chi connectivity index (χ3v) is 10.5. The molecule has 46 heavy (non-hydrogen) atoms. The zero-order valence-corrected chi connectivity index (χ0v) is 25.4. The SMILES string of the molecule is c1ccc(-c2nc(N3c4ccccc4Oc4ccccc4C34c3ccccc3-c3ccccc34)nc3c2sc2ccccc23)cc1. The van der Waals surface area contributed by atoms with E-state index in [1.165, 1.54) is 27.0 Å². The van der Waals surface area contributed by atoms with Crippen LogP contribution in [0.5, 0.6) is 11.5 Å². The molecule has 1 aliphatic carbocycles. The molecule has 0 atom stereocenters. The second-order valence-corrected chi connectivity index (χ2v) is 12.8. The molecule has 0 saturated heterocycles. The monoisotopic (exact) mass is 607 g/mol. The average Bonchev–Trinajstić information content (AvgIpc) is 3.59. The van der Waals surface area contributed by atoms with Crippen LogP contribution >= 0.6 is 11.3 Å². The van der Waals surface area contributed by atoms with Crippen LogP contribution < -0.4 is 9.64 Å². The standard InChI is InChI=1S/C41H25N3OS/c1-2-14-26(15-3-1)37-39-38(29-18-6-13-25-36(29)46-39)43-40(42-37)44-33-22-10-12-24-35(33)45-34-23-11-9-21-32(34)41(44)30-19-7-4-16-27(30)28-17-5-8-20-31(28)41/h1-25H. The molecule has 8 aromatic rings. The lowest BCUT2D eigenvalue weighted by Crippen LogP contribution is -2.44. The summed E-state index contributed by atoms with van der Waals surface area (Å²) >= 11 is 1.75. The van der Waals surface area contributed by atoms with Gasteiger partial charge in [0.1, 0.15) is 11.3 Å². The number of ether oxygens (including phenoxy) is 1. The first-order valence-corrected chi connectivity index (χ1v) is 16.2. The molecule has 2 aliphatic rings. The maximum Gasteiger partial charge on any atom is 0.232 e. The number of aromatic nitrogens is 2. The van der Waals surface area contributed by atoms with E-state index in [-0.39, 0.29) is 0 Å². The van der Waals surface area contributed by atoms with Crippen molar-refractivity contribution < 1.29 is 4.74 Å². The third kappa shape index (κ3) is 3.38. The molecule has 2 aromatic heterocycles. The second kappa shape index (κ2) is 9.61. The molecular weight excluding hydrogens is 583 g/mol. The highest BCUT2D eigenvalue weighted by atomic mass is 32.1. The third-order valence-electron chi connectivity index (χ3n) is 9.32. The van der Waals surface area contributed by atoms with Gasteiger partial charge < -0.3 is 4.74 Å². The lowest BCUT2D eigenvalue weighted by molar-refractivity contribution is 0.480. The van der Waals surface area contributed by atoms with Crippen LogP contribution in [0.4, 0.5) is 11.6 Å². The van der Waals surface area contributed by atoms with E-state index in [0.29, 0.717) is 5.95 Å². The summed E-state index contributed by atoms with van der Waals surface area (Å²) in [5, 5.41) is 1.13. The first kappa shape index (κ1) is 25.5. The summed E-state index contributed by atoms with van der Waals surface area (Å²) < 4.78 is 9.11. The first-order chi connectivity index (χ1) is 22.8. The number of nitrogens with zero attached hydrogens (tertiary/aromatic N) is 3. The normalized spacial score (nSPS) is 14.0. The van der Waals surface area contributed by atoms with Gasteiger partial charge in [-0.1, -0.05) is 127 Å². The molecule has 216 valence electrons. The molecule has 3 heterocycles. The van der Waals surface area contributed by atoms with E-state index < -0.39 is 5.54 Å². The van der Waals surface area contributed by atoms with Gasteiger partial charge in [0.2, 0.25) is 5.95 Å². The van der Waals surface area contributed by atoms with E-state index in [9.17, 15) is 0 Å². The molecular formula is C41H25N3OS. The van der Waals surface area contributed by atoms with Crippen LogP contribution in [0.15, 0.2) is 152 Å². The fourth-order valence-corrected chi connectivity index (χ4v) is 8.63. The van der Waals surface area contributed by atoms with Gasteiger partial charge >= 0.3 is 0 Å². The zero-order valence-electron chi connectivity index (χ0n) is 24.6. The zero-order chi connectivity index (χ0) is 30.2. The molecule has 1 aliphatic heterocycles. The minimum absolute atomic E-state index is 0.620. The van der Waals surface area contributed by atoms with Gasteiger partial charge in [0.25, 0.3) is 0 Å². The van der Waals surface area contributed by atoms with Crippen molar-refractivity contribution in [1.82, 2.24) is 9.97 Å². The Bertz CT molecular complexity index is 2440. The Morgan fingerprint density at radius 3 is 1.93 bits per heavy atom. The molecule has 10 rings (SSSR count). The number of hydrogen-bond donors (Lipinski definition) is 0. The van der Waals surface area contributed by atoms with Crippen molar-refractivity contribution in [3.63, 3.8) is 0 Å². The van der Waals surface area contributed by atoms with Crippen molar-refractivity contribution >= 4 is 43.3 Å². The van der Waals surface area contributed by atoms with Gasteiger partial charge in [-0.15, -0.1) is 11.3 Å². The van der Waals surface area contributed by atoms with Crippen LogP contribution in [0.25, 0.3) is 42.7 Å². The van der Waals surface area contributed by atoms with Gasteiger partial charge in [0, 0.05) is 21.2 Å². The van der Waals surface area contributed by atoms with Crippen molar-refractivity contribution in [2.45, 2.75) is 5.54 Å². The molecule has 0 unspecified atom stereocenters. The quantitative estimate of drug-likeness (QED) is 0.196. The molecule has 0 bridgehead atoms. The Labute approximate surface area is 269 Å². The fraction of sp³-hybridized carbons (Fsp3) is 0.0244. The Kier molecular flexibility index (Phi) is 5.33. The molecule has 0 amide bonds. The Morgan fingerprint density at radius 1 is 0.543 bits per heavy atom. The average molecular weight is 608 g/mol. The number of para-hydroxylation sites is 3. The molecule has 0 saturated carbocycles. The number of fused-ring (bicyclic) bond motifs is 11. The molecule has 6 aromatic carbocycles. The minimum Gasteiger partial charge on any atom is -0.455 e. The lowest BCUT2D eigenvalue weighted by Gasteiger charge is -2.42. The summed E-state index contributed by atoms with van der Waals surface area (Å²) in [5.74, 6) is 2.19. The summed E-state index contributed by atoms with van der Waals surface area (Å²) in [6.07, 6.45) is 0. The van der Waals surface area contributed by atoms with Gasteiger partial charge in [0.05, 0.1) is 21.6 Å². The van der Waals surface area contributed by atoms with Crippen molar-refractivity contribution in [2.24, 2.45) is 0 Å². The number of rotatable bonds is 2. The van der Waals surface area contributed by atoms with E-state index >= 15 is 0 Å². The van der Waals surface area contributed by atoms with Gasteiger partial charge in [-0.3, -0.25) is 4.90 Å². The van der Waals surface area contributed by atoms with Gasteiger partial charge in [-0.25, -0.2) is 9.97 Å².